The molecule has 0 aromatic carbocycles. The van der Waals surface area contributed by atoms with Crippen LogP contribution in [0.5, 0.6) is 0 Å². The summed E-state index contributed by atoms with van der Waals surface area (Å²) in [5, 5.41) is 7.46. The summed E-state index contributed by atoms with van der Waals surface area (Å²) in [4.78, 5) is 2.75. The van der Waals surface area contributed by atoms with Crippen molar-refractivity contribution in [3.05, 3.63) is 0 Å². The van der Waals surface area contributed by atoms with Gasteiger partial charge in [0.05, 0.1) is 35.1 Å². The van der Waals surface area contributed by atoms with Crippen molar-refractivity contribution in [2.24, 2.45) is 10.8 Å². The van der Waals surface area contributed by atoms with E-state index in [0.29, 0.717) is 35.9 Å². The van der Waals surface area contributed by atoms with E-state index in [9.17, 15) is 0 Å². The average Bonchev–Trinajstić information content (AvgIpc) is 3.16. The molecule has 4 aliphatic rings. The number of ether oxygens (including phenoxy) is 3. The molecular weight excluding hydrogens is 643 g/mol. The third-order valence-electron chi connectivity index (χ3n) is 10.7. The van der Waals surface area contributed by atoms with Crippen molar-refractivity contribution in [2.75, 3.05) is 0 Å². The number of nitrogens with one attached hydrogen (secondary N) is 2. The molecule has 0 amide bonds. The van der Waals surface area contributed by atoms with Crippen molar-refractivity contribution >= 4 is 0 Å². The minimum atomic E-state index is -0.0775. The van der Waals surface area contributed by atoms with Crippen LogP contribution in [0.25, 0.3) is 0 Å². The Balaban J connectivity index is 0.000000752. The molecule has 0 radical (unpaired) electrons. The van der Waals surface area contributed by atoms with E-state index in [2.05, 4.69) is 168 Å². The van der Waals surface area contributed by atoms with Crippen LogP contribution in [0.4, 0.5) is 0 Å². The molecule has 4 fully saturated rings. The van der Waals surface area contributed by atoms with E-state index in [1.54, 1.807) is 0 Å². The zero-order valence-electron chi connectivity index (χ0n) is 38.4. The summed E-state index contributed by atoms with van der Waals surface area (Å²) < 4.78 is 18.5. The molecule has 6 heteroatoms. The summed E-state index contributed by atoms with van der Waals surface area (Å²) in [7, 11) is 0. The smallest absolute Gasteiger partial charge is 0.0714 e. The Labute approximate surface area is 328 Å². The van der Waals surface area contributed by atoms with Crippen LogP contribution in [-0.4, -0.2) is 80.8 Å². The standard InChI is InChI=1S/C16H33NO.C15H29NO.C14H29NO.CH4.H2/c1-13(2,3)17-11-15(7,8)12(16(11,9)10)18-14(4,5)6;1-14(2,3)16-11-7-8-12(16)10-13(9-11)17-15(4,5)6;1-13(2,3)15-11-7-9-12(10-8-11)16-14(4,5)6;;/h11-12,17H,1-10H3;11-13H,7-10H2,1-6H3;11-12,15H,7-10H2,1-6H3;1H4;1H/t;11-,12+,13?;;;/i;;;;1+1. The van der Waals surface area contributed by atoms with Gasteiger partial charge in [-0.1, -0.05) is 35.1 Å². The lowest BCUT2D eigenvalue weighted by molar-refractivity contribution is -0.251. The molecule has 2 aliphatic heterocycles. The maximum absolute atomic E-state index is 6.31. The summed E-state index contributed by atoms with van der Waals surface area (Å²) in [6, 6.07) is 2.67. The third kappa shape index (κ3) is 16.1. The second-order valence-corrected chi connectivity index (χ2v) is 24.0. The first-order chi connectivity index (χ1) is 22.5. The molecule has 2 aliphatic carbocycles. The SMILES string of the molecule is C.CC(C)(C)NC1C(C)(C)C(OC(C)(C)C)C1(C)C.CC(C)(C)NC1CCC(OC(C)(C)C)CC1.CC(C)(C)OC1C[C@H]2CC[C@@H](C1)N2C(C)(C)C.[2HH]. The van der Waals surface area contributed by atoms with Gasteiger partial charge in [0, 0.05) is 53.0 Å². The number of piperidine rings is 1. The molecule has 0 aromatic heterocycles. The summed E-state index contributed by atoms with van der Waals surface area (Å²) in [6.45, 7) is 49.1. The van der Waals surface area contributed by atoms with Gasteiger partial charge in [-0.3, -0.25) is 4.90 Å². The Hall–Kier alpha value is -0.240. The lowest BCUT2D eigenvalue weighted by atomic mass is 9.49. The Bertz CT molecular complexity index is 975. The Morgan fingerprint density at radius 1 is 0.500 bits per heavy atom. The van der Waals surface area contributed by atoms with E-state index in [0.717, 1.165) is 12.1 Å². The quantitative estimate of drug-likeness (QED) is 0.293. The molecular formula is C46H97N3O3. The Morgan fingerprint density at radius 3 is 1.19 bits per heavy atom. The van der Waals surface area contributed by atoms with Gasteiger partial charge in [0.1, 0.15) is 0 Å². The third-order valence-corrected chi connectivity index (χ3v) is 10.7. The summed E-state index contributed by atoms with van der Waals surface area (Å²) >= 11 is 0. The van der Waals surface area contributed by atoms with Crippen LogP contribution < -0.4 is 10.6 Å². The molecule has 6 nitrogen and oxygen atoms in total. The molecule has 0 aromatic rings. The molecule has 2 N–H and O–H groups in total. The van der Waals surface area contributed by atoms with Crippen molar-refractivity contribution in [1.82, 2.24) is 15.5 Å². The highest BCUT2D eigenvalue weighted by Gasteiger charge is 2.63. The Morgan fingerprint density at radius 2 is 0.865 bits per heavy atom. The molecule has 314 valence electrons. The van der Waals surface area contributed by atoms with Gasteiger partial charge < -0.3 is 24.8 Å². The van der Waals surface area contributed by atoms with Crippen LogP contribution in [0.3, 0.4) is 0 Å². The van der Waals surface area contributed by atoms with E-state index in [4.69, 9.17) is 14.2 Å². The van der Waals surface area contributed by atoms with Gasteiger partial charge in [-0.2, -0.15) is 0 Å². The summed E-state index contributed by atoms with van der Waals surface area (Å²) in [5.41, 5.74) is 0.982. The van der Waals surface area contributed by atoms with Gasteiger partial charge in [-0.05, 0) is 176 Å². The first-order valence-electron chi connectivity index (χ1n) is 20.9. The van der Waals surface area contributed by atoms with E-state index < -0.39 is 0 Å². The molecule has 4 rings (SSSR count). The monoisotopic (exact) mass is 741 g/mol. The van der Waals surface area contributed by atoms with Gasteiger partial charge >= 0.3 is 0 Å². The van der Waals surface area contributed by atoms with Crippen molar-refractivity contribution in [2.45, 2.75) is 287 Å². The molecule has 1 unspecified atom stereocenters. The number of nitrogens with zero attached hydrogens (tertiary/aromatic N) is 1. The number of hydrogen-bond acceptors (Lipinski definition) is 6. The van der Waals surface area contributed by atoms with Gasteiger partial charge in [0.25, 0.3) is 0 Å². The molecule has 2 saturated heterocycles. The number of rotatable bonds is 5. The minimum Gasteiger partial charge on any atom is -0.373 e. The van der Waals surface area contributed by atoms with E-state index in [-0.39, 0.29) is 47.6 Å². The maximum Gasteiger partial charge on any atom is 0.0714 e. The molecule has 2 heterocycles. The normalized spacial score (nSPS) is 30.9. The van der Waals surface area contributed by atoms with Crippen LogP contribution in [0, 0.1) is 10.8 Å². The highest BCUT2D eigenvalue weighted by Crippen LogP contribution is 2.57. The molecule has 2 saturated carbocycles. The van der Waals surface area contributed by atoms with E-state index >= 15 is 0 Å². The molecule has 52 heavy (non-hydrogen) atoms. The first-order valence-corrected chi connectivity index (χ1v) is 20.9. The van der Waals surface area contributed by atoms with Gasteiger partial charge in [-0.25, -0.2) is 0 Å². The fraction of sp³-hybridized carbons (Fsp3) is 1.00. The van der Waals surface area contributed by atoms with Crippen molar-refractivity contribution in [1.29, 1.82) is 0 Å². The Kier molecular flexibility index (Phi) is 16.7. The second-order valence-electron chi connectivity index (χ2n) is 24.0. The van der Waals surface area contributed by atoms with Gasteiger partial charge in [-0.15, -0.1) is 0 Å². The summed E-state index contributed by atoms with van der Waals surface area (Å²) in [6.07, 6.45) is 11.3. The van der Waals surface area contributed by atoms with Crippen molar-refractivity contribution < 1.29 is 15.6 Å². The zero-order chi connectivity index (χ0) is 39.8. The van der Waals surface area contributed by atoms with Crippen LogP contribution in [0.1, 0.15) is 213 Å². The van der Waals surface area contributed by atoms with Gasteiger partial charge in [0.2, 0.25) is 0 Å². The predicted octanol–water partition coefficient (Wildman–Crippen LogP) is 12.0. The minimum absolute atomic E-state index is 0. The number of hydrogen-bond donors (Lipinski definition) is 2. The predicted molar refractivity (Wildman–Crippen MR) is 230 cm³/mol. The van der Waals surface area contributed by atoms with Crippen LogP contribution in [0.15, 0.2) is 0 Å². The largest absolute Gasteiger partial charge is 0.373 e. The highest BCUT2D eigenvalue weighted by molar-refractivity contribution is 5.16. The fourth-order valence-electron chi connectivity index (χ4n) is 9.84. The lowest BCUT2D eigenvalue weighted by Gasteiger charge is -2.66. The second kappa shape index (κ2) is 17.5. The van der Waals surface area contributed by atoms with Crippen LogP contribution in [-0.2, 0) is 14.2 Å². The van der Waals surface area contributed by atoms with Crippen molar-refractivity contribution in [3.63, 3.8) is 0 Å². The zero-order valence-corrected chi connectivity index (χ0v) is 38.4. The van der Waals surface area contributed by atoms with Crippen molar-refractivity contribution in [3.8, 4) is 0 Å². The number of fused-ring (bicyclic) bond motifs is 2. The fourth-order valence-corrected chi connectivity index (χ4v) is 9.84. The van der Waals surface area contributed by atoms with Crippen LogP contribution in [0.2, 0.25) is 0 Å². The van der Waals surface area contributed by atoms with Crippen LogP contribution >= 0.6 is 0 Å². The van der Waals surface area contributed by atoms with Gasteiger partial charge in [0.15, 0.2) is 0 Å². The average molecular weight is 741 g/mol. The first kappa shape index (κ1) is 49.8. The lowest BCUT2D eigenvalue weighted by Crippen LogP contribution is -2.75. The highest BCUT2D eigenvalue weighted by atomic mass is 16.5. The summed E-state index contributed by atoms with van der Waals surface area (Å²) in [5.74, 6) is 0. The topological polar surface area (TPSA) is 55.0 Å². The molecule has 0 spiro atoms. The van der Waals surface area contributed by atoms with E-state index in [1.165, 1.54) is 51.4 Å². The molecule has 3 atom stereocenters. The molecule has 2 bridgehead atoms. The van der Waals surface area contributed by atoms with E-state index in [1.807, 2.05) is 0 Å². The maximum atomic E-state index is 6.31.